The van der Waals surface area contributed by atoms with Gasteiger partial charge in [-0.05, 0) is 36.8 Å². The van der Waals surface area contributed by atoms with Gasteiger partial charge in [0.15, 0.2) is 5.65 Å². The molecule has 1 aromatic carbocycles. The van der Waals surface area contributed by atoms with Crippen molar-refractivity contribution in [1.29, 1.82) is 0 Å². The van der Waals surface area contributed by atoms with Gasteiger partial charge in [0.25, 0.3) is 0 Å². The molecule has 2 amide bonds. The predicted molar refractivity (Wildman–Crippen MR) is 137 cm³/mol. The Hall–Kier alpha value is -4.84. The lowest BCUT2D eigenvalue weighted by Crippen LogP contribution is -2.33. The summed E-state index contributed by atoms with van der Waals surface area (Å²) in [6.07, 6.45) is 9.14. The average Bonchev–Trinajstić information content (AvgIpc) is 3.66. The molecule has 0 saturated carbocycles. The SMILES string of the molecule is Cc1ccc(NC(=O)N2OCC[C@@H]2c2cnn(C)c2)cc1Nc1ncccc1-c1ncnc2nc[nH]c12. The first-order valence-corrected chi connectivity index (χ1v) is 11.8. The van der Waals surface area contributed by atoms with E-state index in [4.69, 9.17) is 4.84 Å². The smallest absolute Gasteiger partial charge is 0.341 e. The van der Waals surface area contributed by atoms with Crippen LogP contribution in [-0.2, 0) is 11.9 Å². The zero-order chi connectivity index (χ0) is 25.4. The molecule has 1 fully saturated rings. The van der Waals surface area contributed by atoms with Crippen molar-refractivity contribution < 1.29 is 9.63 Å². The Morgan fingerprint density at radius 3 is 2.97 bits per heavy atom. The van der Waals surface area contributed by atoms with Crippen LogP contribution in [0.1, 0.15) is 23.6 Å². The van der Waals surface area contributed by atoms with Crippen LogP contribution in [-0.4, -0.2) is 52.4 Å². The maximum Gasteiger partial charge on any atom is 0.346 e. The molecule has 5 heterocycles. The van der Waals surface area contributed by atoms with Gasteiger partial charge in [0, 0.05) is 48.4 Å². The summed E-state index contributed by atoms with van der Waals surface area (Å²) >= 11 is 0. The van der Waals surface area contributed by atoms with Crippen molar-refractivity contribution >= 4 is 34.4 Å². The Morgan fingerprint density at radius 1 is 1.19 bits per heavy atom. The second-order valence-electron chi connectivity index (χ2n) is 8.72. The number of amides is 2. The van der Waals surface area contributed by atoms with Crippen molar-refractivity contribution in [2.75, 3.05) is 17.2 Å². The van der Waals surface area contributed by atoms with Gasteiger partial charge in [-0.25, -0.2) is 24.7 Å². The summed E-state index contributed by atoms with van der Waals surface area (Å²) in [5, 5.41) is 12.0. The lowest BCUT2D eigenvalue weighted by Gasteiger charge is -2.22. The van der Waals surface area contributed by atoms with Crippen LogP contribution in [0.25, 0.3) is 22.4 Å². The van der Waals surface area contributed by atoms with Gasteiger partial charge in [0.1, 0.15) is 23.4 Å². The molecule has 6 rings (SSSR count). The standard InChI is InChI=1S/C25H24N10O2/c1-15-5-6-17(32-25(36)35-20(7-9-37-35)16-11-31-34(2)12-16)10-19(15)33-23-18(4-3-8-26-23)21-22-24(29-13-27-21)30-14-28-22/h3-6,8,10-14,20H,7,9H2,1-2H3,(H,26,33)(H,32,36)(H,27,28,29,30)/t20-/m1/s1. The number of hydrogen-bond acceptors (Lipinski definition) is 8. The molecule has 0 unspecified atom stereocenters. The molecule has 1 aliphatic heterocycles. The number of aromatic amines is 1. The van der Waals surface area contributed by atoms with E-state index < -0.39 is 0 Å². The molecule has 12 heteroatoms. The monoisotopic (exact) mass is 496 g/mol. The third-order valence-corrected chi connectivity index (χ3v) is 6.24. The number of fused-ring (bicyclic) bond motifs is 1. The van der Waals surface area contributed by atoms with Crippen LogP contribution in [0.4, 0.5) is 22.0 Å². The third kappa shape index (κ3) is 4.34. The minimum Gasteiger partial charge on any atom is -0.341 e. The van der Waals surface area contributed by atoms with E-state index >= 15 is 0 Å². The number of H-pyrrole nitrogens is 1. The van der Waals surface area contributed by atoms with E-state index in [0.29, 0.717) is 35.9 Å². The number of imidazole rings is 1. The number of urea groups is 1. The highest BCUT2D eigenvalue weighted by molar-refractivity contribution is 5.92. The molecule has 1 atom stereocenters. The minimum absolute atomic E-state index is 0.194. The first kappa shape index (κ1) is 22.6. The average molecular weight is 497 g/mol. The van der Waals surface area contributed by atoms with Crippen LogP contribution < -0.4 is 10.6 Å². The molecule has 0 radical (unpaired) electrons. The summed E-state index contributed by atoms with van der Waals surface area (Å²) in [4.78, 5) is 39.3. The van der Waals surface area contributed by atoms with Crippen LogP contribution in [0.3, 0.4) is 0 Å². The third-order valence-electron chi connectivity index (χ3n) is 6.24. The largest absolute Gasteiger partial charge is 0.346 e. The van der Waals surface area contributed by atoms with Gasteiger partial charge in [-0.2, -0.15) is 10.2 Å². The summed E-state index contributed by atoms with van der Waals surface area (Å²) in [7, 11) is 1.85. The number of hydroxylamine groups is 2. The topological polar surface area (TPSA) is 139 Å². The van der Waals surface area contributed by atoms with Crippen LogP contribution in [0.5, 0.6) is 0 Å². The zero-order valence-corrected chi connectivity index (χ0v) is 20.2. The van der Waals surface area contributed by atoms with Crippen LogP contribution in [0.15, 0.2) is 61.6 Å². The number of nitrogens with one attached hydrogen (secondary N) is 3. The van der Waals surface area contributed by atoms with E-state index in [1.54, 1.807) is 23.4 Å². The molecule has 5 aromatic rings. The minimum atomic E-state index is -0.345. The van der Waals surface area contributed by atoms with E-state index in [-0.39, 0.29) is 12.1 Å². The second-order valence-corrected chi connectivity index (χ2v) is 8.72. The molecule has 0 bridgehead atoms. The molecule has 3 N–H and O–H groups in total. The number of aryl methyl sites for hydroxylation is 2. The zero-order valence-electron chi connectivity index (χ0n) is 20.2. The molecule has 186 valence electrons. The summed E-state index contributed by atoms with van der Waals surface area (Å²) in [6.45, 7) is 2.44. The number of benzene rings is 1. The van der Waals surface area contributed by atoms with Gasteiger partial charge >= 0.3 is 6.03 Å². The molecule has 0 spiro atoms. The Kier molecular flexibility index (Phi) is 5.69. The van der Waals surface area contributed by atoms with Gasteiger partial charge in [0.05, 0.1) is 25.2 Å². The van der Waals surface area contributed by atoms with Gasteiger partial charge in [-0.15, -0.1) is 0 Å². The maximum atomic E-state index is 13.1. The normalized spacial score (nSPS) is 15.3. The highest BCUT2D eigenvalue weighted by Crippen LogP contribution is 2.33. The highest BCUT2D eigenvalue weighted by Gasteiger charge is 2.32. The van der Waals surface area contributed by atoms with Crippen molar-refractivity contribution in [2.45, 2.75) is 19.4 Å². The number of pyridine rings is 1. The van der Waals surface area contributed by atoms with Crippen molar-refractivity contribution in [3.05, 3.63) is 72.7 Å². The van der Waals surface area contributed by atoms with Crippen molar-refractivity contribution in [2.24, 2.45) is 7.05 Å². The second kappa shape index (κ2) is 9.32. The van der Waals surface area contributed by atoms with E-state index in [9.17, 15) is 4.79 Å². The van der Waals surface area contributed by atoms with Crippen molar-refractivity contribution in [3.63, 3.8) is 0 Å². The lowest BCUT2D eigenvalue weighted by molar-refractivity contribution is -0.0829. The number of carbonyl (C=O) groups excluding carboxylic acids is 1. The fourth-order valence-electron chi connectivity index (χ4n) is 4.39. The van der Waals surface area contributed by atoms with Crippen LogP contribution in [0, 0.1) is 6.92 Å². The molecule has 1 aliphatic rings. The van der Waals surface area contributed by atoms with Gasteiger partial charge < -0.3 is 15.6 Å². The van der Waals surface area contributed by atoms with Gasteiger partial charge in [-0.3, -0.25) is 9.52 Å². The Bertz CT molecular complexity index is 1590. The summed E-state index contributed by atoms with van der Waals surface area (Å²) < 4.78 is 1.71. The highest BCUT2D eigenvalue weighted by atomic mass is 16.7. The predicted octanol–water partition coefficient (Wildman–Crippen LogP) is 4.11. The van der Waals surface area contributed by atoms with E-state index in [1.165, 1.54) is 11.4 Å². The van der Waals surface area contributed by atoms with E-state index in [0.717, 1.165) is 27.9 Å². The number of rotatable bonds is 5. The Balaban J connectivity index is 1.25. The molecular weight excluding hydrogens is 472 g/mol. The van der Waals surface area contributed by atoms with Gasteiger partial charge in [0.2, 0.25) is 0 Å². The quantitative estimate of drug-likeness (QED) is 0.330. The number of aromatic nitrogens is 7. The fraction of sp³-hybridized carbons (Fsp3) is 0.200. The fourth-order valence-corrected chi connectivity index (χ4v) is 4.39. The summed E-state index contributed by atoms with van der Waals surface area (Å²) in [5.74, 6) is 0.614. The summed E-state index contributed by atoms with van der Waals surface area (Å²) in [5.41, 5.74) is 6.10. The molecule has 1 saturated heterocycles. The molecule has 12 nitrogen and oxygen atoms in total. The first-order valence-electron chi connectivity index (χ1n) is 11.8. The molecular formula is C25H24N10O2. The first-order chi connectivity index (χ1) is 18.1. The molecule has 0 aliphatic carbocycles. The number of nitrogens with zero attached hydrogens (tertiary/aromatic N) is 7. The van der Waals surface area contributed by atoms with Crippen LogP contribution >= 0.6 is 0 Å². The molecule has 37 heavy (non-hydrogen) atoms. The number of hydrogen-bond donors (Lipinski definition) is 3. The maximum absolute atomic E-state index is 13.1. The van der Waals surface area contributed by atoms with Gasteiger partial charge in [-0.1, -0.05) is 6.07 Å². The molecule has 4 aromatic heterocycles. The Morgan fingerprint density at radius 2 is 2.11 bits per heavy atom. The number of anilines is 3. The van der Waals surface area contributed by atoms with E-state index in [1.807, 2.05) is 50.5 Å². The Labute approximate surface area is 211 Å². The number of carbonyl (C=O) groups is 1. The lowest BCUT2D eigenvalue weighted by atomic mass is 10.1. The van der Waals surface area contributed by atoms with E-state index in [2.05, 4.69) is 40.7 Å². The van der Waals surface area contributed by atoms with Crippen molar-refractivity contribution in [1.82, 2.24) is 39.8 Å². The van der Waals surface area contributed by atoms with Crippen LogP contribution in [0.2, 0.25) is 0 Å². The van der Waals surface area contributed by atoms with Crippen molar-refractivity contribution in [3.8, 4) is 11.3 Å². The summed E-state index contributed by atoms with van der Waals surface area (Å²) in [6, 6.07) is 8.90.